The number of nitrogens with one attached hydrogen (secondary N) is 1. The highest BCUT2D eigenvalue weighted by Gasteiger charge is 2.05. The number of rotatable bonds is 15. The number of aryl methyl sites for hydroxylation is 1. The molecule has 0 atom stereocenters. The average Bonchev–Trinajstić information content (AvgIpc) is 2.66. The van der Waals surface area contributed by atoms with Gasteiger partial charge in [0.25, 0.3) is 0 Å². The van der Waals surface area contributed by atoms with Gasteiger partial charge in [-0.1, -0.05) is 58.3 Å². The Hall–Kier alpha value is -1.14. The van der Waals surface area contributed by atoms with Gasteiger partial charge in [0.1, 0.15) is 13.2 Å². The number of hydrogen-bond acceptors (Lipinski definition) is 3. The zero-order valence-corrected chi connectivity index (χ0v) is 18.4. The summed E-state index contributed by atoms with van der Waals surface area (Å²) in [5, 5.41) is 11.3. The Bertz CT molecular complexity index is 486. The van der Waals surface area contributed by atoms with Crippen LogP contribution in [0.2, 0.25) is 0 Å². The van der Waals surface area contributed by atoms with Gasteiger partial charge in [-0.15, -0.1) is 0 Å². The molecule has 0 saturated heterocycles. The maximum absolute atomic E-state index is 11.4. The molecule has 0 aliphatic rings. The molecular weight excluding hydrogens is 408 g/mol. The summed E-state index contributed by atoms with van der Waals surface area (Å²) in [5.41, 5.74) is 1.04. The molecule has 1 rings (SSSR count). The second kappa shape index (κ2) is 18.2. The van der Waals surface area contributed by atoms with Crippen LogP contribution >= 0.6 is 0 Å². The Balaban J connectivity index is 0.00000676. The van der Waals surface area contributed by atoms with Gasteiger partial charge in [0.15, 0.2) is 12.4 Å². The van der Waals surface area contributed by atoms with E-state index in [4.69, 9.17) is 9.84 Å². The summed E-state index contributed by atoms with van der Waals surface area (Å²) in [5.74, 6) is 0. The number of carbonyl (C=O) groups is 1. The lowest BCUT2D eigenvalue weighted by molar-refractivity contribution is -0.697. The Morgan fingerprint density at radius 2 is 1.70 bits per heavy atom. The van der Waals surface area contributed by atoms with E-state index < -0.39 is 6.09 Å². The third-order valence-electron chi connectivity index (χ3n) is 4.45. The zero-order valence-electron chi connectivity index (χ0n) is 16.8. The second-order valence-corrected chi connectivity index (χ2v) is 6.85. The molecule has 0 aliphatic heterocycles. The van der Waals surface area contributed by atoms with Crippen LogP contribution in [0.4, 0.5) is 4.79 Å². The van der Waals surface area contributed by atoms with Crippen LogP contribution in [0, 0.1) is 0 Å². The van der Waals surface area contributed by atoms with Crippen molar-refractivity contribution in [3.8, 4) is 0 Å². The van der Waals surface area contributed by atoms with Gasteiger partial charge in [-0.2, -0.15) is 0 Å². The minimum absolute atomic E-state index is 0. The smallest absolute Gasteiger partial charge is 0.407 e. The number of nitrogens with zero attached hydrogens (tertiary/aromatic N) is 1. The quantitative estimate of drug-likeness (QED) is 0.314. The molecule has 156 valence electrons. The fourth-order valence-corrected chi connectivity index (χ4v) is 2.97. The van der Waals surface area contributed by atoms with E-state index in [9.17, 15) is 4.79 Å². The molecule has 1 amide bonds. The van der Waals surface area contributed by atoms with Gasteiger partial charge in [0.2, 0.25) is 0 Å². The minimum Gasteiger partial charge on any atom is -1.00 e. The highest BCUT2D eigenvalue weighted by atomic mass is 79.9. The third-order valence-corrected chi connectivity index (χ3v) is 4.45. The van der Waals surface area contributed by atoms with E-state index in [1.54, 1.807) is 0 Å². The summed E-state index contributed by atoms with van der Waals surface area (Å²) in [6.07, 6.45) is 17.1. The molecule has 1 aromatic heterocycles. The Morgan fingerprint density at radius 3 is 2.33 bits per heavy atom. The highest BCUT2D eigenvalue weighted by Crippen LogP contribution is 2.10. The third kappa shape index (κ3) is 14.6. The number of ether oxygens (including phenoxy) is 1. The van der Waals surface area contributed by atoms with Crippen molar-refractivity contribution in [2.75, 3.05) is 13.2 Å². The molecule has 0 bridgehead atoms. The first-order chi connectivity index (χ1) is 12.8. The summed E-state index contributed by atoms with van der Waals surface area (Å²) in [4.78, 5) is 11.4. The van der Waals surface area contributed by atoms with Crippen LogP contribution in [0.15, 0.2) is 24.5 Å². The molecule has 2 N–H and O–H groups in total. The van der Waals surface area contributed by atoms with Gasteiger partial charge >= 0.3 is 6.09 Å². The first-order valence-corrected chi connectivity index (χ1v) is 10.3. The summed E-state index contributed by atoms with van der Waals surface area (Å²) >= 11 is 0. The van der Waals surface area contributed by atoms with Gasteiger partial charge in [-0.3, -0.25) is 0 Å². The van der Waals surface area contributed by atoms with Crippen molar-refractivity contribution in [3.63, 3.8) is 0 Å². The van der Waals surface area contributed by atoms with Crippen LogP contribution in [-0.2, 0) is 17.8 Å². The lowest BCUT2D eigenvalue weighted by atomic mass is 10.1. The van der Waals surface area contributed by atoms with Crippen molar-refractivity contribution < 1.29 is 36.2 Å². The molecule has 0 radical (unpaired) electrons. The van der Waals surface area contributed by atoms with E-state index in [2.05, 4.69) is 29.2 Å². The van der Waals surface area contributed by atoms with Crippen LogP contribution in [0.1, 0.15) is 76.7 Å². The van der Waals surface area contributed by atoms with Gasteiger partial charge in [-0.05, 0) is 12.5 Å². The topological polar surface area (TPSA) is 62.4 Å². The number of aliphatic hydroxyl groups excluding tert-OH is 1. The number of alkyl carbamates (subject to hydrolysis) is 1. The van der Waals surface area contributed by atoms with E-state index in [0.29, 0.717) is 6.54 Å². The van der Waals surface area contributed by atoms with Crippen molar-refractivity contribution >= 4 is 6.09 Å². The summed E-state index contributed by atoms with van der Waals surface area (Å²) in [6, 6.07) is 3.99. The molecule has 0 saturated carbocycles. The molecule has 0 aromatic carbocycles. The molecule has 1 aromatic rings. The molecular formula is C21H37BrN2O3. The zero-order chi connectivity index (χ0) is 18.9. The number of aliphatic hydroxyl groups is 1. The number of hydrogen-bond donors (Lipinski definition) is 2. The SMILES string of the molecule is CCCCCCCCCCCC[n+]1cccc(CNC(=O)OCCO)c1.[Br-]. The molecule has 0 spiro atoms. The van der Waals surface area contributed by atoms with Gasteiger partial charge in [-0.25, -0.2) is 9.36 Å². The molecule has 0 fully saturated rings. The fraction of sp³-hybridized carbons (Fsp3) is 0.714. The van der Waals surface area contributed by atoms with E-state index in [1.165, 1.54) is 64.2 Å². The van der Waals surface area contributed by atoms with Gasteiger partial charge < -0.3 is 32.1 Å². The fourth-order valence-electron chi connectivity index (χ4n) is 2.97. The second-order valence-electron chi connectivity index (χ2n) is 6.85. The van der Waals surface area contributed by atoms with Crippen molar-refractivity contribution in [2.45, 2.75) is 84.2 Å². The van der Waals surface area contributed by atoms with Crippen molar-refractivity contribution in [2.24, 2.45) is 0 Å². The molecule has 6 heteroatoms. The van der Waals surface area contributed by atoms with Crippen molar-refractivity contribution in [1.82, 2.24) is 5.32 Å². The lowest BCUT2D eigenvalue weighted by Crippen LogP contribution is -3.00. The predicted octanol–water partition coefficient (Wildman–Crippen LogP) is 1.12. The van der Waals surface area contributed by atoms with E-state index in [-0.39, 0.29) is 30.2 Å². The molecule has 5 nitrogen and oxygen atoms in total. The van der Waals surface area contributed by atoms with E-state index in [0.717, 1.165) is 12.1 Å². The van der Waals surface area contributed by atoms with Crippen LogP contribution in [-0.4, -0.2) is 24.4 Å². The van der Waals surface area contributed by atoms with Crippen LogP contribution in [0.5, 0.6) is 0 Å². The summed E-state index contributed by atoms with van der Waals surface area (Å²) in [7, 11) is 0. The monoisotopic (exact) mass is 444 g/mol. The summed E-state index contributed by atoms with van der Waals surface area (Å²) in [6.45, 7) is 3.58. The first-order valence-electron chi connectivity index (χ1n) is 10.3. The van der Waals surface area contributed by atoms with Crippen LogP contribution < -0.4 is 26.9 Å². The minimum atomic E-state index is -0.496. The van der Waals surface area contributed by atoms with Gasteiger partial charge in [0, 0.05) is 18.1 Å². The number of unbranched alkanes of at least 4 members (excludes halogenated alkanes) is 9. The number of carbonyl (C=O) groups excluding carboxylic acids is 1. The Labute approximate surface area is 175 Å². The Kier molecular flexibility index (Phi) is 17.5. The largest absolute Gasteiger partial charge is 1.00 e. The molecule has 1 heterocycles. The average molecular weight is 445 g/mol. The van der Waals surface area contributed by atoms with E-state index in [1.807, 2.05) is 12.1 Å². The molecule has 0 aliphatic carbocycles. The van der Waals surface area contributed by atoms with Crippen LogP contribution in [0.3, 0.4) is 0 Å². The van der Waals surface area contributed by atoms with Crippen molar-refractivity contribution in [3.05, 3.63) is 30.1 Å². The molecule has 0 unspecified atom stereocenters. The predicted molar refractivity (Wildman–Crippen MR) is 104 cm³/mol. The van der Waals surface area contributed by atoms with Crippen LogP contribution in [0.25, 0.3) is 0 Å². The Morgan fingerprint density at radius 1 is 1.07 bits per heavy atom. The maximum atomic E-state index is 11.4. The summed E-state index contributed by atoms with van der Waals surface area (Å²) < 4.78 is 6.96. The van der Waals surface area contributed by atoms with Gasteiger partial charge in [0.05, 0.1) is 13.2 Å². The first kappa shape index (κ1) is 25.9. The van der Waals surface area contributed by atoms with E-state index >= 15 is 0 Å². The standard InChI is InChI=1S/C21H36N2O3.BrH/c1-2-3-4-5-6-7-8-9-10-11-14-23-15-12-13-20(19-23)18-22-21(25)26-17-16-24;/h12-13,15,19,24H,2-11,14,16-18H2,1H3;1H. The molecule has 27 heavy (non-hydrogen) atoms. The highest BCUT2D eigenvalue weighted by molar-refractivity contribution is 5.67. The lowest BCUT2D eigenvalue weighted by Gasteiger charge is -2.05. The number of aromatic nitrogens is 1. The maximum Gasteiger partial charge on any atom is 0.407 e. The van der Waals surface area contributed by atoms with Crippen molar-refractivity contribution in [1.29, 1.82) is 0 Å². The number of amides is 1. The number of halogens is 1. The normalized spacial score (nSPS) is 10.3. The number of pyridine rings is 1.